The van der Waals surface area contributed by atoms with Crippen LogP contribution in [0.25, 0.3) is 0 Å². The topological polar surface area (TPSA) is 26.0 Å². The third-order valence-electron chi connectivity index (χ3n) is 3.63. The molecule has 0 aliphatic heterocycles. The molecular formula is C17H19Cl2N. The summed E-state index contributed by atoms with van der Waals surface area (Å²) >= 11 is 12.3. The predicted molar refractivity (Wildman–Crippen MR) is 87.7 cm³/mol. The molecule has 0 saturated heterocycles. The van der Waals surface area contributed by atoms with Gasteiger partial charge in [-0.1, -0.05) is 55.2 Å². The highest BCUT2D eigenvalue weighted by atomic mass is 35.5. The predicted octanol–water partition coefficient (Wildman–Crippen LogP) is 5.17. The Labute approximate surface area is 130 Å². The molecule has 3 heteroatoms. The normalized spacial score (nSPS) is 12.4. The summed E-state index contributed by atoms with van der Waals surface area (Å²) in [6.07, 6.45) is 1.94. The maximum atomic E-state index is 6.44. The van der Waals surface area contributed by atoms with Crippen molar-refractivity contribution in [1.29, 1.82) is 0 Å². The lowest BCUT2D eigenvalue weighted by atomic mass is 9.92. The van der Waals surface area contributed by atoms with E-state index < -0.39 is 0 Å². The zero-order chi connectivity index (χ0) is 14.7. The van der Waals surface area contributed by atoms with E-state index in [9.17, 15) is 0 Å². The number of hydrogen-bond donors (Lipinski definition) is 1. The minimum absolute atomic E-state index is 0.248. The Morgan fingerprint density at radius 3 is 2.35 bits per heavy atom. The summed E-state index contributed by atoms with van der Waals surface area (Å²) in [4.78, 5) is 0. The minimum Gasteiger partial charge on any atom is -0.320 e. The van der Waals surface area contributed by atoms with Crippen LogP contribution in [0.3, 0.4) is 0 Å². The lowest BCUT2D eigenvalue weighted by Gasteiger charge is -2.19. The molecule has 1 atom stereocenters. The molecule has 0 heterocycles. The lowest BCUT2D eigenvalue weighted by Crippen LogP contribution is -2.15. The van der Waals surface area contributed by atoms with Gasteiger partial charge in [-0.05, 0) is 53.3 Å². The molecule has 2 aromatic rings. The zero-order valence-electron chi connectivity index (χ0n) is 11.8. The molecule has 0 saturated carbocycles. The molecule has 2 rings (SSSR count). The zero-order valence-corrected chi connectivity index (χ0v) is 13.3. The van der Waals surface area contributed by atoms with Crippen molar-refractivity contribution < 1.29 is 0 Å². The van der Waals surface area contributed by atoms with Crippen LogP contribution in [0.4, 0.5) is 0 Å². The van der Waals surface area contributed by atoms with Crippen LogP contribution in [0, 0.1) is 0 Å². The third kappa shape index (κ3) is 3.17. The van der Waals surface area contributed by atoms with Gasteiger partial charge in [-0.25, -0.2) is 0 Å². The van der Waals surface area contributed by atoms with E-state index in [1.807, 2.05) is 6.07 Å². The molecule has 1 unspecified atom stereocenters. The number of nitrogens with two attached hydrogens (primary N) is 1. The average Bonchev–Trinajstić information content (AvgIpc) is 2.48. The van der Waals surface area contributed by atoms with Gasteiger partial charge < -0.3 is 5.73 Å². The van der Waals surface area contributed by atoms with Crippen LogP contribution in [0.5, 0.6) is 0 Å². The standard InChI is InChI=1S/C17H19Cl2N/c1-3-11-5-6-12(4-2)14(9-11)17(20)15-10-13(18)7-8-16(15)19/h5-10,17H,3-4,20H2,1-2H3. The van der Waals surface area contributed by atoms with Gasteiger partial charge in [-0.3, -0.25) is 0 Å². The van der Waals surface area contributed by atoms with Crippen molar-refractivity contribution in [3.63, 3.8) is 0 Å². The van der Waals surface area contributed by atoms with Gasteiger partial charge in [-0.15, -0.1) is 0 Å². The molecule has 0 aromatic heterocycles. The third-order valence-corrected chi connectivity index (χ3v) is 4.21. The first-order valence-corrected chi connectivity index (χ1v) is 7.64. The minimum atomic E-state index is -0.248. The molecular weight excluding hydrogens is 289 g/mol. The summed E-state index contributed by atoms with van der Waals surface area (Å²) in [7, 11) is 0. The molecule has 106 valence electrons. The molecule has 0 bridgehead atoms. The second kappa shape index (κ2) is 6.62. The van der Waals surface area contributed by atoms with Gasteiger partial charge in [0, 0.05) is 10.0 Å². The molecule has 2 aromatic carbocycles. The molecule has 1 nitrogen and oxygen atoms in total. The second-order valence-corrected chi connectivity index (χ2v) is 5.73. The van der Waals surface area contributed by atoms with Crippen LogP contribution in [0.2, 0.25) is 10.0 Å². The fourth-order valence-corrected chi connectivity index (χ4v) is 2.81. The van der Waals surface area contributed by atoms with Crippen molar-refractivity contribution in [2.75, 3.05) is 0 Å². The largest absolute Gasteiger partial charge is 0.320 e. The van der Waals surface area contributed by atoms with Crippen LogP contribution in [0.1, 0.15) is 42.1 Å². The van der Waals surface area contributed by atoms with E-state index in [1.165, 1.54) is 11.1 Å². The van der Waals surface area contributed by atoms with E-state index >= 15 is 0 Å². The smallest absolute Gasteiger partial charge is 0.0569 e. The van der Waals surface area contributed by atoms with Crippen molar-refractivity contribution >= 4 is 23.2 Å². The van der Waals surface area contributed by atoms with E-state index in [4.69, 9.17) is 28.9 Å². The molecule has 2 N–H and O–H groups in total. The average molecular weight is 308 g/mol. The van der Waals surface area contributed by atoms with Crippen molar-refractivity contribution in [3.05, 3.63) is 68.7 Å². The lowest BCUT2D eigenvalue weighted by molar-refractivity contribution is 0.845. The van der Waals surface area contributed by atoms with Crippen molar-refractivity contribution in [1.82, 2.24) is 0 Å². The maximum absolute atomic E-state index is 6.44. The highest BCUT2D eigenvalue weighted by Gasteiger charge is 2.16. The Morgan fingerprint density at radius 1 is 0.950 bits per heavy atom. The summed E-state index contributed by atoms with van der Waals surface area (Å²) in [5.74, 6) is 0. The quantitative estimate of drug-likeness (QED) is 0.829. The Hall–Kier alpha value is -1.02. The van der Waals surface area contributed by atoms with Crippen LogP contribution in [-0.4, -0.2) is 0 Å². The Bertz CT molecular complexity index is 608. The summed E-state index contributed by atoms with van der Waals surface area (Å²) in [5, 5.41) is 1.32. The van der Waals surface area contributed by atoms with Crippen LogP contribution in [-0.2, 0) is 12.8 Å². The van der Waals surface area contributed by atoms with Gasteiger partial charge in [-0.2, -0.15) is 0 Å². The van der Waals surface area contributed by atoms with Gasteiger partial charge in [0.15, 0.2) is 0 Å². The van der Waals surface area contributed by atoms with Gasteiger partial charge in [0.1, 0.15) is 0 Å². The number of benzene rings is 2. The van der Waals surface area contributed by atoms with Crippen molar-refractivity contribution in [2.24, 2.45) is 5.73 Å². The van der Waals surface area contributed by atoms with E-state index in [-0.39, 0.29) is 6.04 Å². The monoisotopic (exact) mass is 307 g/mol. The first kappa shape index (κ1) is 15.4. The first-order chi connectivity index (χ1) is 9.56. The number of hydrogen-bond acceptors (Lipinski definition) is 1. The second-order valence-electron chi connectivity index (χ2n) is 4.88. The highest BCUT2D eigenvalue weighted by molar-refractivity contribution is 6.33. The van der Waals surface area contributed by atoms with Crippen LogP contribution >= 0.6 is 23.2 Å². The fourth-order valence-electron chi connectivity index (χ4n) is 2.40. The van der Waals surface area contributed by atoms with Gasteiger partial charge in [0.25, 0.3) is 0 Å². The Morgan fingerprint density at radius 2 is 1.70 bits per heavy atom. The molecule has 0 amide bonds. The molecule has 0 radical (unpaired) electrons. The van der Waals surface area contributed by atoms with Gasteiger partial charge >= 0.3 is 0 Å². The maximum Gasteiger partial charge on any atom is 0.0569 e. The van der Waals surface area contributed by atoms with Crippen molar-refractivity contribution in [2.45, 2.75) is 32.7 Å². The van der Waals surface area contributed by atoms with Crippen LogP contribution < -0.4 is 5.73 Å². The fraction of sp³-hybridized carbons (Fsp3) is 0.294. The number of halogens is 2. The first-order valence-electron chi connectivity index (χ1n) is 6.89. The van der Waals surface area contributed by atoms with E-state index in [2.05, 4.69) is 32.0 Å². The number of rotatable bonds is 4. The molecule has 0 aliphatic rings. The summed E-state index contributed by atoms with van der Waals surface area (Å²) < 4.78 is 0. The van der Waals surface area contributed by atoms with Crippen molar-refractivity contribution in [3.8, 4) is 0 Å². The summed E-state index contributed by atoms with van der Waals surface area (Å²) in [6.45, 7) is 4.28. The summed E-state index contributed by atoms with van der Waals surface area (Å²) in [5.41, 5.74) is 11.0. The Kier molecular flexibility index (Phi) is 5.09. The molecule has 20 heavy (non-hydrogen) atoms. The van der Waals surface area contributed by atoms with Gasteiger partial charge in [0.05, 0.1) is 6.04 Å². The SMILES string of the molecule is CCc1ccc(CC)c(C(N)c2cc(Cl)ccc2Cl)c1. The molecule has 0 fully saturated rings. The summed E-state index contributed by atoms with van der Waals surface area (Å²) in [6, 6.07) is 11.7. The molecule has 0 spiro atoms. The van der Waals surface area contributed by atoms with Crippen LogP contribution in [0.15, 0.2) is 36.4 Å². The van der Waals surface area contributed by atoms with E-state index in [0.717, 1.165) is 24.0 Å². The van der Waals surface area contributed by atoms with Gasteiger partial charge in [0.2, 0.25) is 0 Å². The molecule has 0 aliphatic carbocycles. The van der Waals surface area contributed by atoms with E-state index in [0.29, 0.717) is 10.0 Å². The van der Waals surface area contributed by atoms with E-state index in [1.54, 1.807) is 12.1 Å². The number of aryl methyl sites for hydroxylation is 2. The Balaban J connectivity index is 2.51. The highest BCUT2D eigenvalue weighted by Crippen LogP contribution is 2.31.